The van der Waals surface area contributed by atoms with E-state index in [4.69, 9.17) is 5.14 Å². The largest absolute Gasteiger partial charge is 0.369 e. The van der Waals surface area contributed by atoms with E-state index >= 15 is 0 Å². The second-order valence-electron chi connectivity index (χ2n) is 6.94. The van der Waals surface area contributed by atoms with Crippen molar-refractivity contribution in [2.24, 2.45) is 5.14 Å². The van der Waals surface area contributed by atoms with E-state index in [0.717, 1.165) is 38.4 Å². The van der Waals surface area contributed by atoms with Gasteiger partial charge in [0, 0.05) is 38.4 Å². The van der Waals surface area contributed by atoms with Crippen molar-refractivity contribution >= 4 is 26.5 Å². The summed E-state index contributed by atoms with van der Waals surface area (Å²) in [6.07, 6.45) is 0. The van der Waals surface area contributed by atoms with Crippen molar-refractivity contribution in [2.45, 2.75) is 11.4 Å². The van der Waals surface area contributed by atoms with Gasteiger partial charge in [0.15, 0.2) is 0 Å². The molecule has 0 radical (unpaired) electrons. The molecule has 1 aliphatic rings. The highest BCUT2D eigenvalue weighted by atomic mass is 32.2. The maximum Gasteiger partial charge on any atom is 0.238 e. The lowest BCUT2D eigenvalue weighted by Gasteiger charge is -2.36. The highest BCUT2D eigenvalue weighted by Gasteiger charge is 2.18. The normalized spacial score (nSPS) is 16.0. The Morgan fingerprint density at radius 1 is 0.815 bits per heavy atom. The van der Waals surface area contributed by atoms with Gasteiger partial charge in [-0.25, -0.2) is 13.6 Å². The number of rotatable bonds is 4. The molecule has 27 heavy (non-hydrogen) atoms. The van der Waals surface area contributed by atoms with Gasteiger partial charge in [-0.15, -0.1) is 0 Å². The summed E-state index contributed by atoms with van der Waals surface area (Å²) in [5.41, 5.74) is 2.39. The fourth-order valence-corrected chi connectivity index (χ4v) is 4.20. The molecule has 1 fully saturated rings. The van der Waals surface area contributed by atoms with E-state index in [2.05, 4.69) is 52.3 Å². The molecule has 1 heterocycles. The van der Waals surface area contributed by atoms with E-state index in [1.165, 1.54) is 16.3 Å². The fourth-order valence-electron chi connectivity index (χ4n) is 3.68. The predicted molar refractivity (Wildman–Crippen MR) is 109 cm³/mol. The van der Waals surface area contributed by atoms with Gasteiger partial charge < -0.3 is 4.90 Å². The van der Waals surface area contributed by atoms with E-state index in [-0.39, 0.29) is 4.90 Å². The Labute approximate surface area is 160 Å². The summed E-state index contributed by atoms with van der Waals surface area (Å²) in [4.78, 5) is 4.91. The van der Waals surface area contributed by atoms with Crippen LogP contribution in [0.5, 0.6) is 0 Å². The van der Waals surface area contributed by atoms with E-state index in [9.17, 15) is 8.42 Å². The molecule has 2 N–H and O–H groups in total. The van der Waals surface area contributed by atoms with Crippen molar-refractivity contribution < 1.29 is 8.42 Å². The summed E-state index contributed by atoms with van der Waals surface area (Å²) < 4.78 is 22.8. The molecular formula is C21H23N3O2S. The minimum atomic E-state index is -3.64. The number of anilines is 1. The van der Waals surface area contributed by atoms with Crippen LogP contribution in [-0.4, -0.2) is 39.5 Å². The topological polar surface area (TPSA) is 66.6 Å². The molecule has 4 rings (SSSR count). The lowest BCUT2D eigenvalue weighted by Crippen LogP contribution is -2.46. The van der Waals surface area contributed by atoms with Gasteiger partial charge in [-0.1, -0.05) is 42.5 Å². The Morgan fingerprint density at radius 2 is 1.48 bits per heavy atom. The lowest BCUT2D eigenvalue weighted by molar-refractivity contribution is 0.250. The number of hydrogen-bond acceptors (Lipinski definition) is 4. The van der Waals surface area contributed by atoms with Crippen LogP contribution in [0, 0.1) is 0 Å². The van der Waals surface area contributed by atoms with Gasteiger partial charge in [-0.3, -0.25) is 4.90 Å². The zero-order valence-electron chi connectivity index (χ0n) is 15.1. The standard InChI is InChI=1S/C21H23N3O2S/c22-27(25,26)20-10-8-19(9-11-20)24-14-12-23(13-15-24)16-18-6-3-5-17-4-1-2-7-21(17)18/h1-11H,12-16H2,(H2,22,25,26). The molecule has 0 atom stereocenters. The zero-order chi connectivity index (χ0) is 18.9. The molecule has 0 amide bonds. The Kier molecular flexibility index (Phi) is 4.86. The smallest absolute Gasteiger partial charge is 0.238 e. The molecule has 3 aromatic rings. The summed E-state index contributed by atoms with van der Waals surface area (Å²) in [7, 11) is -3.64. The fraction of sp³-hybridized carbons (Fsp3) is 0.238. The summed E-state index contributed by atoms with van der Waals surface area (Å²) >= 11 is 0. The zero-order valence-corrected chi connectivity index (χ0v) is 15.9. The molecule has 0 aliphatic carbocycles. The third-order valence-corrected chi connectivity index (χ3v) is 6.11. The number of piperazine rings is 1. The molecule has 140 valence electrons. The van der Waals surface area contributed by atoms with Crippen LogP contribution in [0.4, 0.5) is 5.69 Å². The highest BCUT2D eigenvalue weighted by molar-refractivity contribution is 7.89. The Hall–Kier alpha value is -2.41. The van der Waals surface area contributed by atoms with Crippen molar-refractivity contribution in [2.75, 3.05) is 31.1 Å². The van der Waals surface area contributed by atoms with Gasteiger partial charge in [-0.05, 0) is 40.6 Å². The molecule has 0 aromatic heterocycles. The number of fused-ring (bicyclic) bond motifs is 1. The molecule has 1 aliphatic heterocycles. The first-order valence-electron chi connectivity index (χ1n) is 9.07. The van der Waals surface area contributed by atoms with Crippen LogP contribution < -0.4 is 10.0 Å². The van der Waals surface area contributed by atoms with Crippen LogP contribution in [0.25, 0.3) is 10.8 Å². The van der Waals surface area contributed by atoms with Crippen molar-refractivity contribution in [3.05, 3.63) is 72.3 Å². The third-order valence-electron chi connectivity index (χ3n) is 5.18. The van der Waals surface area contributed by atoms with Gasteiger partial charge in [0.1, 0.15) is 0 Å². The van der Waals surface area contributed by atoms with Crippen molar-refractivity contribution in [1.29, 1.82) is 0 Å². The number of sulfonamides is 1. The second kappa shape index (κ2) is 7.31. The molecule has 0 saturated carbocycles. The van der Waals surface area contributed by atoms with Crippen molar-refractivity contribution in [1.82, 2.24) is 4.90 Å². The van der Waals surface area contributed by atoms with Crippen LogP contribution in [0.3, 0.4) is 0 Å². The molecule has 5 nitrogen and oxygen atoms in total. The monoisotopic (exact) mass is 381 g/mol. The molecular weight excluding hydrogens is 358 g/mol. The maximum absolute atomic E-state index is 11.4. The first kappa shape index (κ1) is 18.0. The third kappa shape index (κ3) is 3.98. The van der Waals surface area contributed by atoms with Gasteiger partial charge in [-0.2, -0.15) is 0 Å². The molecule has 0 spiro atoms. The van der Waals surface area contributed by atoms with Crippen LogP contribution >= 0.6 is 0 Å². The number of nitrogens with zero attached hydrogens (tertiary/aromatic N) is 2. The van der Waals surface area contributed by atoms with Gasteiger partial charge in [0.2, 0.25) is 10.0 Å². The van der Waals surface area contributed by atoms with E-state index < -0.39 is 10.0 Å². The summed E-state index contributed by atoms with van der Waals surface area (Å²) in [6, 6.07) is 21.8. The molecule has 6 heteroatoms. The van der Waals surface area contributed by atoms with Gasteiger partial charge in [0.05, 0.1) is 4.90 Å². The summed E-state index contributed by atoms with van der Waals surface area (Å²) in [5, 5.41) is 7.77. The van der Waals surface area contributed by atoms with E-state index in [1.54, 1.807) is 12.1 Å². The highest BCUT2D eigenvalue weighted by Crippen LogP contribution is 2.22. The summed E-state index contributed by atoms with van der Waals surface area (Å²) in [5.74, 6) is 0. The molecule has 0 unspecified atom stereocenters. The quantitative estimate of drug-likeness (QED) is 0.755. The minimum Gasteiger partial charge on any atom is -0.369 e. The maximum atomic E-state index is 11.4. The minimum absolute atomic E-state index is 0.154. The average Bonchev–Trinajstić information content (AvgIpc) is 2.68. The number of benzene rings is 3. The first-order chi connectivity index (χ1) is 13.0. The van der Waals surface area contributed by atoms with E-state index in [1.807, 2.05) is 12.1 Å². The Bertz CT molecular complexity index is 1040. The number of nitrogens with two attached hydrogens (primary N) is 1. The van der Waals surface area contributed by atoms with Crippen molar-refractivity contribution in [3.8, 4) is 0 Å². The van der Waals surface area contributed by atoms with Gasteiger partial charge in [0.25, 0.3) is 0 Å². The average molecular weight is 382 g/mol. The number of primary sulfonamides is 1. The van der Waals surface area contributed by atoms with Crippen LogP contribution in [0.15, 0.2) is 71.6 Å². The van der Waals surface area contributed by atoms with Crippen LogP contribution in [-0.2, 0) is 16.6 Å². The van der Waals surface area contributed by atoms with Gasteiger partial charge >= 0.3 is 0 Å². The summed E-state index contributed by atoms with van der Waals surface area (Å²) in [6.45, 7) is 4.72. The van der Waals surface area contributed by atoms with Crippen LogP contribution in [0.2, 0.25) is 0 Å². The second-order valence-corrected chi connectivity index (χ2v) is 8.50. The Balaban J connectivity index is 1.42. The SMILES string of the molecule is NS(=O)(=O)c1ccc(N2CCN(Cc3cccc4ccccc34)CC2)cc1. The van der Waals surface area contributed by atoms with Crippen molar-refractivity contribution in [3.63, 3.8) is 0 Å². The molecule has 3 aromatic carbocycles. The Morgan fingerprint density at radius 3 is 2.19 bits per heavy atom. The predicted octanol–water partition coefficient (Wildman–Crippen LogP) is 2.81. The molecule has 0 bridgehead atoms. The van der Waals surface area contributed by atoms with Crippen LogP contribution in [0.1, 0.15) is 5.56 Å². The number of hydrogen-bond donors (Lipinski definition) is 1. The lowest BCUT2D eigenvalue weighted by atomic mass is 10.0. The van der Waals surface area contributed by atoms with E-state index in [0.29, 0.717) is 0 Å². The first-order valence-corrected chi connectivity index (χ1v) is 10.6. The molecule has 1 saturated heterocycles.